The lowest BCUT2D eigenvalue weighted by atomic mass is 9.88. The Morgan fingerprint density at radius 3 is 2.69 bits per heavy atom. The Balaban J connectivity index is 2.35. The molecule has 26 heavy (non-hydrogen) atoms. The monoisotopic (exact) mass is 378 g/mol. The maximum absolute atomic E-state index is 12.8. The van der Waals surface area contributed by atoms with Crippen molar-refractivity contribution in [3.63, 3.8) is 0 Å². The lowest BCUT2D eigenvalue weighted by Crippen LogP contribution is -2.45. The van der Waals surface area contributed by atoms with E-state index >= 15 is 0 Å². The van der Waals surface area contributed by atoms with Crippen molar-refractivity contribution in [2.24, 2.45) is 0 Å². The number of aliphatic carboxylic acids is 1. The van der Waals surface area contributed by atoms with Crippen molar-refractivity contribution in [1.29, 1.82) is 0 Å². The molecule has 0 bridgehead atoms. The smallest absolute Gasteiger partial charge is 0.306 e. The molecule has 2 aromatic rings. The first kappa shape index (κ1) is 19.9. The number of methoxy groups -OCH3 is 2. The fourth-order valence-corrected chi connectivity index (χ4v) is 3.57. The molecule has 7 nitrogen and oxygen atoms in total. The number of rotatable bonds is 8. The molecule has 1 aromatic carbocycles. The quantitative estimate of drug-likeness (QED) is 0.733. The molecular weight excluding hydrogens is 356 g/mol. The van der Waals surface area contributed by atoms with Gasteiger partial charge in [-0.1, -0.05) is 12.1 Å². The molecule has 1 amide bonds. The third kappa shape index (κ3) is 4.59. The van der Waals surface area contributed by atoms with Crippen LogP contribution in [0.15, 0.2) is 24.3 Å². The minimum absolute atomic E-state index is 0.269. The van der Waals surface area contributed by atoms with Gasteiger partial charge in [0.2, 0.25) is 0 Å². The first-order valence-corrected chi connectivity index (χ1v) is 8.75. The van der Waals surface area contributed by atoms with E-state index < -0.39 is 11.5 Å². The zero-order valence-corrected chi connectivity index (χ0v) is 16.0. The van der Waals surface area contributed by atoms with Crippen molar-refractivity contribution >= 4 is 23.2 Å². The van der Waals surface area contributed by atoms with Gasteiger partial charge in [0, 0.05) is 7.11 Å². The molecule has 1 atom stereocenters. The van der Waals surface area contributed by atoms with Gasteiger partial charge >= 0.3 is 5.97 Å². The number of carboxylic acids is 1. The van der Waals surface area contributed by atoms with E-state index in [2.05, 4.69) is 10.3 Å². The number of ether oxygens (including phenoxy) is 2. The summed E-state index contributed by atoms with van der Waals surface area (Å²) in [5.74, 6) is -0.796. The molecule has 2 N–H and O–H groups in total. The van der Waals surface area contributed by atoms with Crippen molar-refractivity contribution in [3.8, 4) is 5.75 Å². The second kappa shape index (κ2) is 8.29. The van der Waals surface area contributed by atoms with Gasteiger partial charge in [0.25, 0.3) is 5.91 Å². The Morgan fingerprint density at radius 2 is 2.08 bits per heavy atom. The van der Waals surface area contributed by atoms with Crippen LogP contribution < -0.4 is 10.1 Å². The highest BCUT2D eigenvalue weighted by Gasteiger charge is 2.33. The summed E-state index contributed by atoms with van der Waals surface area (Å²) in [5, 5.41) is 12.9. The highest BCUT2D eigenvalue weighted by molar-refractivity contribution is 7.13. The summed E-state index contributed by atoms with van der Waals surface area (Å²) in [7, 11) is 3.09. The molecular formula is C18H22N2O5S. The first-order valence-electron chi connectivity index (χ1n) is 7.93. The van der Waals surface area contributed by atoms with Gasteiger partial charge in [-0.15, -0.1) is 11.3 Å². The molecule has 0 saturated heterocycles. The van der Waals surface area contributed by atoms with Crippen LogP contribution in [0.3, 0.4) is 0 Å². The third-order valence-electron chi connectivity index (χ3n) is 3.92. The van der Waals surface area contributed by atoms with Gasteiger partial charge in [-0.3, -0.25) is 9.59 Å². The molecule has 1 aromatic heterocycles. The van der Waals surface area contributed by atoms with Gasteiger partial charge < -0.3 is 19.9 Å². The van der Waals surface area contributed by atoms with Crippen LogP contribution in [0, 0.1) is 6.92 Å². The Bertz CT molecular complexity index is 805. The van der Waals surface area contributed by atoms with Gasteiger partial charge in [-0.25, -0.2) is 4.98 Å². The van der Waals surface area contributed by atoms with E-state index in [1.54, 1.807) is 45.2 Å². The fourth-order valence-electron chi connectivity index (χ4n) is 2.64. The number of nitrogens with zero attached hydrogens (tertiary/aromatic N) is 1. The average Bonchev–Trinajstić information content (AvgIpc) is 2.95. The van der Waals surface area contributed by atoms with Crippen LogP contribution >= 0.6 is 11.3 Å². The number of amides is 1. The highest BCUT2D eigenvalue weighted by Crippen LogP contribution is 2.29. The molecule has 0 aliphatic carbocycles. The van der Waals surface area contributed by atoms with Gasteiger partial charge in [0.1, 0.15) is 15.6 Å². The van der Waals surface area contributed by atoms with E-state index in [1.807, 2.05) is 0 Å². The molecule has 2 rings (SSSR count). The van der Waals surface area contributed by atoms with Crippen molar-refractivity contribution in [1.82, 2.24) is 10.3 Å². The summed E-state index contributed by atoms with van der Waals surface area (Å²) in [6.07, 6.45) is -0.269. The molecule has 0 aliphatic heterocycles. The largest absolute Gasteiger partial charge is 0.497 e. The summed E-state index contributed by atoms with van der Waals surface area (Å²) in [6.45, 7) is 3.74. The number of benzene rings is 1. The molecule has 0 saturated carbocycles. The number of carbonyl (C=O) groups excluding carboxylic acids is 1. The highest BCUT2D eigenvalue weighted by atomic mass is 32.1. The van der Waals surface area contributed by atoms with E-state index in [9.17, 15) is 14.7 Å². The normalized spacial score (nSPS) is 13.1. The van der Waals surface area contributed by atoms with E-state index in [0.29, 0.717) is 33.5 Å². The van der Waals surface area contributed by atoms with E-state index in [4.69, 9.17) is 9.47 Å². The topological polar surface area (TPSA) is 97.8 Å². The van der Waals surface area contributed by atoms with Gasteiger partial charge in [-0.05, 0) is 31.5 Å². The maximum atomic E-state index is 12.8. The van der Waals surface area contributed by atoms with E-state index in [0.717, 1.165) is 0 Å². The summed E-state index contributed by atoms with van der Waals surface area (Å²) in [4.78, 5) is 29.0. The SMILES string of the molecule is COCc1nc(C)c(C(=O)NC(C)(CC(=O)O)c2cccc(OC)c2)s1. The van der Waals surface area contributed by atoms with Crippen molar-refractivity contribution < 1.29 is 24.2 Å². The van der Waals surface area contributed by atoms with E-state index in [-0.39, 0.29) is 12.3 Å². The van der Waals surface area contributed by atoms with Gasteiger partial charge in [0.15, 0.2) is 0 Å². The standard InChI is InChI=1S/C18H22N2O5S/c1-11-16(26-14(19-11)10-24-3)17(23)20-18(2,9-15(21)22)12-6-5-7-13(8-12)25-4/h5-8H,9-10H2,1-4H3,(H,20,23)(H,21,22). The summed E-state index contributed by atoms with van der Waals surface area (Å²) < 4.78 is 10.3. The number of hydrogen-bond acceptors (Lipinski definition) is 6. The van der Waals surface area contributed by atoms with Gasteiger partial charge in [-0.2, -0.15) is 0 Å². The van der Waals surface area contributed by atoms with Crippen LogP contribution in [0.5, 0.6) is 5.75 Å². The number of carbonyl (C=O) groups is 2. The molecule has 0 spiro atoms. The summed E-state index contributed by atoms with van der Waals surface area (Å²) >= 11 is 1.23. The van der Waals surface area contributed by atoms with Crippen molar-refractivity contribution in [2.75, 3.05) is 14.2 Å². The van der Waals surface area contributed by atoms with Gasteiger partial charge in [0.05, 0.1) is 31.4 Å². The lowest BCUT2D eigenvalue weighted by Gasteiger charge is -2.30. The number of aromatic nitrogens is 1. The minimum atomic E-state index is -1.10. The zero-order valence-electron chi connectivity index (χ0n) is 15.2. The van der Waals surface area contributed by atoms with Crippen molar-refractivity contribution in [2.45, 2.75) is 32.4 Å². The first-order chi connectivity index (χ1) is 12.3. The van der Waals surface area contributed by atoms with Crippen LogP contribution in [0.25, 0.3) is 0 Å². The fraction of sp³-hybridized carbons (Fsp3) is 0.389. The Hall–Kier alpha value is -2.45. The van der Waals surface area contributed by atoms with Crippen LogP contribution in [-0.4, -0.2) is 36.2 Å². The molecule has 1 unspecified atom stereocenters. The minimum Gasteiger partial charge on any atom is -0.497 e. The molecule has 0 radical (unpaired) electrons. The molecule has 0 fully saturated rings. The molecule has 8 heteroatoms. The number of aryl methyl sites for hydroxylation is 1. The van der Waals surface area contributed by atoms with Crippen LogP contribution in [-0.2, 0) is 21.7 Å². The summed E-state index contributed by atoms with van der Waals surface area (Å²) in [6, 6.07) is 7.01. The van der Waals surface area contributed by atoms with Crippen LogP contribution in [0.2, 0.25) is 0 Å². The van der Waals surface area contributed by atoms with Crippen LogP contribution in [0.4, 0.5) is 0 Å². The number of nitrogens with one attached hydrogen (secondary N) is 1. The zero-order chi connectivity index (χ0) is 19.3. The van der Waals surface area contributed by atoms with Crippen molar-refractivity contribution in [3.05, 3.63) is 45.4 Å². The predicted octanol–water partition coefficient (Wildman–Crippen LogP) is 2.73. The van der Waals surface area contributed by atoms with E-state index in [1.165, 1.54) is 18.4 Å². The maximum Gasteiger partial charge on any atom is 0.306 e. The number of carboxylic acid groups (broad SMARTS) is 1. The Morgan fingerprint density at radius 1 is 1.35 bits per heavy atom. The molecule has 140 valence electrons. The Labute approximate surface area is 156 Å². The molecule has 0 aliphatic rings. The number of hydrogen-bond donors (Lipinski definition) is 2. The molecule has 1 heterocycles. The Kier molecular flexibility index (Phi) is 6.33. The predicted molar refractivity (Wildman–Crippen MR) is 97.6 cm³/mol. The lowest BCUT2D eigenvalue weighted by molar-refractivity contribution is -0.138. The second-order valence-corrected chi connectivity index (χ2v) is 7.13. The average molecular weight is 378 g/mol. The number of thiazole rings is 1. The second-order valence-electron chi connectivity index (χ2n) is 6.04. The summed E-state index contributed by atoms with van der Waals surface area (Å²) in [5.41, 5.74) is 0.129. The third-order valence-corrected chi connectivity index (χ3v) is 5.05. The van der Waals surface area contributed by atoms with Crippen LogP contribution in [0.1, 0.15) is 39.3 Å².